The molecule has 2 saturated carbocycles. The summed E-state index contributed by atoms with van der Waals surface area (Å²) >= 11 is 0. The van der Waals surface area contributed by atoms with Crippen molar-refractivity contribution in [3.8, 4) is 0 Å². The number of piperazine rings is 1. The highest BCUT2D eigenvalue weighted by atomic mass is 16.4. The van der Waals surface area contributed by atoms with E-state index in [9.17, 15) is 5.21 Å². The first-order chi connectivity index (χ1) is 13.8. The van der Waals surface area contributed by atoms with Crippen LogP contribution in [-0.4, -0.2) is 52.9 Å². The second kappa shape index (κ2) is 7.69. The molecule has 3 atom stereocenters. The Morgan fingerprint density at radius 2 is 1.43 bits per heavy atom. The maximum atomic E-state index is 9.58. The number of hydrogen-bond donors (Lipinski definition) is 1. The van der Waals surface area contributed by atoms with Crippen LogP contribution in [0.15, 0.2) is 65.8 Å². The van der Waals surface area contributed by atoms with E-state index in [1.807, 2.05) is 0 Å². The molecule has 1 aliphatic heterocycles. The van der Waals surface area contributed by atoms with Crippen molar-refractivity contribution in [2.24, 2.45) is 17.0 Å². The zero-order chi connectivity index (χ0) is 18.9. The Balaban J connectivity index is 1.34. The summed E-state index contributed by atoms with van der Waals surface area (Å²) in [5, 5.41) is 13.3. The molecule has 2 aromatic rings. The lowest BCUT2D eigenvalue weighted by molar-refractivity contribution is 0.0816. The van der Waals surface area contributed by atoms with E-state index in [4.69, 9.17) is 0 Å². The summed E-state index contributed by atoms with van der Waals surface area (Å²) in [7, 11) is 0. The highest BCUT2D eigenvalue weighted by Crippen LogP contribution is 2.45. The van der Waals surface area contributed by atoms with Gasteiger partial charge in [0.05, 0.1) is 17.8 Å². The highest BCUT2D eigenvalue weighted by Gasteiger charge is 2.48. The molecule has 3 fully saturated rings. The molecule has 4 heteroatoms. The van der Waals surface area contributed by atoms with Crippen molar-refractivity contribution in [3.63, 3.8) is 0 Å². The van der Waals surface area contributed by atoms with Crippen LogP contribution in [0.2, 0.25) is 0 Å². The summed E-state index contributed by atoms with van der Waals surface area (Å²) in [5.41, 5.74) is 3.78. The molecule has 1 saturated heterocycles. The Hall–Kier alpha value is -2.17. The standard InChI is InChI=1S/C24H29N3O/c28-25-22-20-11-12-21(17-20)24(22)27-15-13-26(14-16-27)23(18-7-3-1-4-8-18)19-9-5-2-6-10-19/h1-10,20-21,23-24,28H,11-17H2. The fourth-order valence-electron chi connectivity index (χ4n) is 5.84. The number of fused-ring (bicyclic) bond motifs is 2. The van der Waals surface area contributed by atoms with Gasteiger partial charge in [0.1, 0.15) is 0 Å². The predicted octanol–water partition coefficient (Wildman–Crippen LogP) is 4.02. The average molecular weight is 376 g/mol. The van der Waals surface area contributed by atoms with Gasteiger partial charge in [0, 0.05) is 32.1 Å². The molecule has 2 aromatic carbocycles. The van der Waals surface area contributed by atoms with E-state index in [-0.39, 0.29) is 0 Å². The van der Waals surface area contributed by atoms with Crippen LogP contribution in [0.5, 0.6) is 0 Å². The summed E-state index contributed by atoms with van der Waals surface area (Å²) in [6.07, 6.45) is 3.73. The van der Waals surface area contributed by atoms with Gasteiger partial charge in [-0.05, 0) is 36.3 Å². The first kappa shape index (κ1) is 17.9. The number of oxime groups is 1. The maximum absolute atomic E-state index is 9.58. The largest absolute Gasteiger partial charge is 0.411 e. The van der Waals surface area contributed by atoms with Gasteiger partial charge in [-0.3, -0.25) is 9.80 Å². The second-order valence-electron chi connectivity index (χ2n) is 8.54. The molecule has 1 N–H and O–H groups in total. The van der Waals surface area contributed by atoms with E-state index in [2.05, 4.69) is 75.6 Å². The van der Waals surface area contributed by atoms with Gasteiger partial charge in [-0.15, -0.1) is 0 Å². The monoisotopic (exact) mass is 375 g/mol. The van der Waals surface area contributed by atoms with Gasteiger partial charge in [0.15, 0.2) is 0 Å². The molecule has 2 bridgehead atoms. The molecule has 0 spiro atoms. The summed E-state index contributed by atoms with van der Waals surface area (Å²) in [6.45, 7) is 4.17. The van der Waals surface area contributed by atoms with Crippen molar-refractivity contribution in [2.75, 3.05) is 26.2 Å². The van der Waals surface area contributed by atoms with Crippen molar-refractivity contribution in [1.82, 2.24) is 9.80 Å². The van der Waals surface area contributed by atoms with Gasteiger partial charge in [-0.25, -0.2) is 0 Å². The van der Waals surface area contributed by atoms with Gasteiger partial charge in [0.2, 0.25) is 0 Å². The minimum Gasteiger partial charge on any atom is -0.411 e. The predicted molar refractivity (Wildman–Crippen MR) is 112 cm³/mol. The highest BCUT2D eigenvalue weighted by molar-refractivity contribution is 5.94. The van der Waals surface area contributed by atoms with Crippen LogP contribution in [0.3, 0.4) is 0 Å². The van der Waals surface area contributed by atoms with Crippen molar-refractivity contribution < 1.29 is 5.21 Å². The van der Waals surface area contributed by atoms with Crippen LogP contribution in [-0.2, 0) is 0 Å². The molecular weight excluding hydrogens is 346 g/mol. The Morgan fingerprint density at radius 3 is 2.00 bits per heavy atom. The minimum absolute atomic E-state index is 0.301. The number of hydrogen-bond acceptors (Lipinski definition) is 4. The minimum atomic E-state index is 0.301. The lowest BCUT2D eigenvalue weighted by Gasteiger charge is -2.43. The van der Waals surface area contributed by atoms with E-state index >= 15 is 0 Å². The molecule has 0 amide bonds. The van der Waals surface area contributed by atoms with E-state index < -0.39 is 0 Å². The van der Waals surface area contributed by atoms with Gasteiger partial charge < -0.3 is 5.21 Å². The Kier molecular flexibility index (Phi) is 4.91. The Morgan fingerprint density at radius 1 is 0.821 bits per heavy atom. The quantitative estimate of drug-likeness (QED) is 0.648. The van der Waals surface area contributed by atoms with Crippen LogP contribution in [0, 0.1) is 11.8 Å². The lowest BCUT2D eigenvalue weighted by Crippen LogP contribution is -2.54. The molecule has 3 unspecified atom stereocenters. The second-order valence-corrected chi connectivity index (χ2v) is 8.54. The van der Waals surface area contributed by atoms with E-state index in [1.54, 1.807) is 0 Å². The smallest absolute Gasteiger partial charge is 0.0775 e. The van der Waals surface area contributed by atoms with Crippen molar-refractivity contribution in [2.45, 2.75) is 31.3 Å². The maximum Gasteiger partial charge on any atom is 0.0775 e. The molecular formula is C24H29N3O. The molecule has 3 aliphatic rings. The van der Waals surface area contributed by atoms with Gasteiger partial charge in [-0.2, -0.15) is 0 Å². The number of benzene rings is 2. The average Bonchev–Trinajstić information content (AvgIpc) is 3.37. The fraction of sp³-hybridized carbons (Fsp3) is 0.458. The summed E-state index contributed by atoms with van der Waals surface area (Å²) in [6, 6.07) is 22.4. The van der Waals surface area contributed by atoms with Crippen LogP contribution in [0.1, 0.15) is 36.4 Å². The molecule has 146 valence electrons. The van der Waals surface area contributed by atoms with E-state index in [0.29, 0.717) is 23.9 Å². The molecule has 5 rings (SSSR count). The number of nitrogens with zero attached hydrogens (tertiary/aromatic N) is 3. The van der Waals surface area contributed by atoms with E-state index in [0.717, 1.165) is 31.9 Å². The van der Waals surface area contributed by atoms with Crippen LogP contribution in [0.25, 0.3) is 0 Å². The normalized spacial score (nSPS) is 29.8. The van der Waals surface area contributed by atoms with Gasteiger partial charge >= 0.3 is 0 Å². The first-order valence-corrected chi connectivity index (χ1v) is 10.6. The topological polar surface area (TPSA) is 39.1 Å². The Bertz CT molecular complexity index is 775. The summed E-state index contributed by atoms with van der Waals surface area (Å²) in [5.74, 6) is 1.22. The van der Waals surface area contributed by atoms with E-state index in [1.165, 1.54) is 30.4 Å². The van der Waals surface area contributed by atoms with Gasteiger partial charge in [0.25, 0.3) is 0 Å². The van der Waals surface area contributed by atoms with Crippen molar-refractivity contribution >= 4 is 5.71 Å². The first-order valence-electron chi connectivity index (χ1n) is 10.6. The Labute approximate surface area is 167 Å². The lowest BCUT2D eigenvalue weighted by atomic mass is 9.91. The SMILES string of the molecule is ON=C1C2CCC(C2)C1N1CCN(C(c2ccccc2)c2ccccc2)CC1. The van der Waals surface area contributed by atoms with Crippen LogP contribution in [0.4, 0.5) is 0 Å². The summed E-state index contributed by atoms with van der Waals surface area (Å²) < 4.78 is 0. The fourth-order valence-corrected chi connectivity index (χ4v) is 5.84. The van der Waals surface area contributed by atoms with Crippen molar-refractivity contribution in [1.29, 1.82) is 0 Å². The zero-order valence-electron chi connectivity index (χ0n) is 16.3. The molecule has 28 heavy (non-hydrogen) atoms. The third-order valence-corrected chi connectivity index (χ3v) is 7.09. The van der Waals surface area contributed by atoms with Crippen LogP contribution < -0.4 is 0 Å². The molecule has 1 heterocycles. The molecule has 0 radical (unpaired) electrons. The third kappa shape index (κ3) is 3.15. The zero-order valence-corrected chi connectivity index (χ0v) is 16.3. The molecule has 4 nitrogen and oxygen atoms in total. The van der Waals surface area contributed by atoms with Gasteiger partial charge in [-0.1, -0.05) is 65.8 Å². The van der Waals surface area contributed by atoms with Crippen molar-refractivity contribution in [3.05, 3.63) is 71.8 Å². The third-order valence-electron chi connectivity index (χ3n) is 7.09. The summed E-state index contributed by atoms with van der Waals surface area (Å²) in [4.78, 5) is 5.20. The molecule has 2 aliphatic carbocycles. The van der Waals surface area contributed by atoms with Crippen LogP contribution >= 0.6 is 0 Å². The number of rotatable bonds is 4. The molecule has 0 aromatic heterocycles.